The van der Waals surface area contributed by atoms with E-state index in [4.69, 9.17) is 11.6 Å². The molecule has 0 atom stereocenters. The molecule has 0 amide bonds. The molecule has 0 aliphatic heterocycles. The van der Waals surface area contributed by atoms with Gasteiger partial charge in [-0.05, 0) is 55.0 Å². The molecule has 0 fully saturated rings. The molecule has 9 heteroatoms. The van der Waals surface area contributed by atoms with E-state index in [0.717, 1.165) is 44.5 Å². The van der Waals surface area contributed by atoms with Crippen LogP contribution in [0.25, 0.3) is 33.2 Å². The zero-order valence-corrected chi connectivity index (χ0v) is 22.5. The Bertz CT molecular complexity index is 2010. The Balaban J connectivity index is 1.52. The van der Waals surface area contributed by atoms with E-state index >= 15 is 0 Å². The van der Waals surface area contributed by atoms with E-state index in [1.54, 1.807) is 30.5 Å². The molecule has 41 heavy (non-hydrogen) atoms. The van der Waals surface area contributed by atoms with Crippen LogP contribution in [0.15, 0.2) is 107 Å². The summed E-state index contributed by atoms with van der Waals surface area (Å²) in [5, 5.41) is 6.43. The van der Waals surface area contributed by atoms with Gasteiger partial charge in [-0.1, -0.05) is 66.2 Å². The van der Waals surface area contributed by atoms with E-state index in [9.17, 15) is 18.0 Å². The molecule has 204 valence electrons. The van der Waals surface area contributed by atoms with Crippen molar-refractivity contribution in [3.8, 4) is 11.4 Å². The van der Waals surface area contributed by atoms with Gasteiger partial charge in [0.05, 0.1) is 22.7 Å². The fourth-order valence-corrected chi connectivity index (χ4v) is 5.09. The Kier molecular flexibility index (Phi) is 6.71. The van der Waals surface area contributed by atoms with Gasteiger partial charge in [-0.3, -0.25) is 4.79 Å². The molecule has 0 spiro atoms. The first-order valence-corrected chi connectivity index (χ1v) is 13.1. The minimum Gasteiger partial charge on any atom is -0.340 e. The van der Waals surface area contributed by atoms with Gasteiger partial charge in [0.15, 0.2) is 5.82 Å². The predicted octanol–water partition coefficient (Wildman–Crippen LogP) is 7.93. The van der Waals surface area contributed by atoms with Crippen molar-refractivity contribution in [2.75, 3.05) is 0 Å². The van der Waals surface area contributed by atoms with E-state index in [1.165, 1.54) is 12.1 Å². The molecular formula is C32H22ClF3N4O. The van der Waals surface area contributed by atoms with Gasteiger partial charge in [0.2, 0.25) is 0 Å². The van der Waals surface area contributed by atoms with Crippen LogP contribution in [-0.2, 0) is 12.7 Å². The van der Waals surface area contributed by atoms with Crippen molar-refractivity contribution >= 4 is 39.6 Å². The van der Waals surface area contributed by atoms with Crippen molar-refractivity contribution in [2.24, 2.45) is 5.10 Å². The highest BCUT2D eigenvalue weighted by molar-refractivity contribution is 6.30. The SMILES string of the molecule is Cc1c(C=Nn2c(-c3cccc(C(F)(F)F)c3)nc3ccccc3c2=O)c2ccccc2n1Cc1ccc(Cl)cc1. The first-order valence-electron chi connectivity index (χ1n) is 12.8. The summed E-state index contributed by atoms with van der Waals surface area (Å²) in [5.41, 5.74) is 2.90. The van der Waals surface area contributed by atoms with Crippen LogP contribution >= 0.6 is 11.6 Å². The quantitative estimate of drug-likeness (QED) is 0.198. The first-order chi connectivity index (χ1) is 19.7. The van der Waals surface area contributed by atoms with Crippen LogP contribution in [0.2, 0.25) is 5.02 Å². The molecule has 6 aromatic rings. The molecule has 2 heterocycles. The monoisotopic (exact) mass is 570 g/mol. The Morgan fingerprint density at radius 1 is 0.902 bits per heavy atom. The maximum absolute atomic E-state index is 13.6. The van der Waals surface area contributed by atoms with Crippen LogP contribution in [0.4, 0.5) is 13.2 Å². The summed E-state index contributed by atoms with van der Waals surface area (Å²) < 4.78 is 43.8. The van der Waals surface area contributed by atoms with E-state index < -0.39 is 17.3 Å². The molecule has 4 aromatic carbocycles. The van der Waals surface area contributed by atoms with Crippen molar-refractivity contribution in [3.05, 3.63) is 135 Å². The lowest BCUT2D eigenvalue weighted by Gasteiger charge is -2.12. The van der Waals surface area contributed by atoms with E-state index in [-0.39, 0.29) is 11.4 Å². The molecule has 0 unspecified atom stereocenters. The van der Waals surface area contributed by atoms with Crippen LogP contribution in [0.1, 0.15) is 22.4 Å². The van der Waals surface area contributed by atoms with Crippen molar-refractivity contribution in [1.82, 2.24) is 14.2 Å². The summed E-state index contributed by atoms with van der Waals surface area (Å²) in [4.78, 5) is 18.2. The Morgan fingerprint density at radius 3 is 2.37 bits per heavy atom. The summed E-state index contributed by atoms with van der Waals surface area (Å²) in [6.45, 7) is 2.55. The Hall–Kier alpha value is -4.69. The zero-order valence-electron chi connectivity index (χ0n) is 21.7. The predicted molar refractivity (Wildman–Crippen MR) is 157 cm³/mol. The fourth-order valence-electron chi connectivity index (χ4n) is 4.96. The van der Waals surface area contributed by atoms with Gasteiger partial charge < -0.3 is 4.57 Å². The molecule has 0 N–H and O–H groups in total. The van der Waals surface area contributed by atoms with E-state index in [1.807, 2.05) is 55.5 Å². The van der Waals surface area contributed by atoms with E-state index in [0.29, 0.717) is 22.5 Å². The summed E-state index contributed by atoms with van der Waals surface area (Å²) in [6.07, 6.45) is -2.98. The van der Waals surface area contributed by atoms with Crippen LogP contribution in [0.3, 0.4) is 0 Å². The average Bonchev–Trinajstić information content (AvgIpc) is 3.23. The van der Waals surface area contributed by atoms with Crippen LogP contribution < -0.4 is 5.56 Å². The molecule has 0 saturated heterocycles. The average molecular weight is 571 g/mol. The highest BCUT2D eigenvalue weighted by atomic mass is 35.5. The van der Waals surface area contributed by atoms with Crippen molar-refractivity contribution in [1.29, 1.82) is 0 Å². The third-order valence-electron chi connectivity index (χ3n) is 7.04. The van der Waals surface area contributed by atoms with Gasteiger partial charge in [-0.2, -0.15) is 22.9 Å². The van der Waals surface area contributed by atoms with Crippen LogP contribution in [-0.4, -0.2) is 20.4 Å². The number of hydrogen-bond acceptors (Lipinski definition) is 3. The molecule has 0 radical (unpaired) electrons. The number of benzene rings is 4. The number of aromatic nitrogens is 3. The first kappa shape index (κ1) is 26.5. The topological polar surface area (TPSA) is 52.2 Å². The molecule has 0 bridgehead atoms. The number of halogens is 4. The third-order valence-corrected chi connectivity index (χ3v) is 7.29. The maximum Gasteiger partial charge on any atom is 0.416 e. The molecule has 5 nitrogen and oxygen atoms in total. The number of para-hydroxylation sites is 2. The number of fused-ring (bicyclic) bond motifs is 2. The minimum absolute atomic E-state index is 0.0126. The second-order valence-corrected chi connectivity index (χ2v) is 10.1. The Morgan fingerprint density at radius 2 is 1.61 bits per heavy atom. The van der Waals surface area contributed by atoms with Crippen LogP contribution in [0.5, 0.6) is 0 Å². The number of nitrogens with zero attached hydrogens (tertiary/aromatic N) is 4. The lowest BCUT2D eigenvalue weighted by atomic mass is 10.1. The third kappa shape index (κ3) is 5.02. The molecular weight excluding hydrogens is 549 g/mol. The highest BCUT2D eigenvalue weighted by Crippen LogP contribution is 2.32. The van der Waals surface area contributed by atoms with Crippen molar-refractivity contribution in [3.63, 3.8) is 0 Å². The lowest BCUT2D eigenvalue weighted by molar-refractivity contribution is -0.137. The van der Waals surface area contributed by atoms with E-state index in [2.05, 4.69) is 14.7 Å². The van der Waals surface area contributed by atoms with Gasteiger partial charge in [0.1, 0.15) is 0 Å². The number of rotatable bonds is 5. The van der Waals surface area contributed by atoms with Gasteiger partial charge in [-0.15, -0.1) is 0 Å². The summed E-state index contributed by atoms with van der Waals surface area (Å²) in [7, 11) is 0. The van der Waals surface area contributed by atoms with Gasteiger partial charge >= 0.3 is 6.18 Å². The summed E-state index contributed by atoms with van der Waals surface area (Å²) in [6, 6.07) is 26.9. The number of alkyl halides is 3. The normalized spacial score (nSPS) is 12.1. The second-order valence-electron chi connectivity index (χ2n) is 9.62. The second kappa shape index (κ2) is 10.4. The summed E-state index contributed by atoms with van der Waals surface area (Å²) in [5.74, 6) is 0.0126. The van der Waals surface area contributed by atoms with Crippen molar-refractivity contribution in [2.45, 2.75) is 19.6 Å². The molecule has 0 aliphatic carbocycles. The molecule has 0 aliphatic rings. The standard InChI is InChI=1S/C32H22ClF3N4O/c1-20-27(25-9-3-5-12-29(25)39(20)19-21-13-15-24(33)16-14-21)18-37-40-30(22-7-6-8-23(17-22)32(34,35)36)38-28-11-4-2-10-26(28)31(40)41/h2-18H,19H2,1H3. The highest BCUT2D eigenvalue weighted by Gasteiger charge is 2.31. The zero-order chi connectivity index (χ0) is 28.7. The number of hydrogen-bond donors (Lipinski definition) is 0. The lowest BCUT2D eigenvalue weighted by Crippen LogP contribution is -2.20. The van der Waals surface area contributed by atoms with Gasteiger partial charge in [-0.25, -0.2) is 4.98 Å². The minimum atomic E-state index is -4.55. The van der Waals surface area contributed by atoms with Gasteiger partial charge in [0, 0.05) is 39.3 Å². The maximum atomic E-state index is 13.6. The van der Waals surface area contributed by atoms with Crippen molar-refractivity contribution < 1.29 is 13.2 Å². The molecule has 6 rings (SSSR count). The van der Waals surface area contributed by atoms with Crippen LogP contribution in [0, 0.1) is 6.92 Å². The smallest absolute Gasteiger partial charge is 0.340 e. The largest absolute Gasteiger partial charge is 0.416 e. The van der Waals surface area contributed by atoms with Gasteiger partial charge in [0.25, 0.3) is 5.56 Å². The molecule has 2 aromatic heterocycles. The molecule has 0 saturated carbocycles. The Labute approximate surface area is 237 Å². The fraction of sp³-hybridized carbons (Fsp3) is 0.0938. The summed E-state index contributed by atoms with van der Waals surface area (Å²) >= 11 is 6.07.